The molecule has 0 saturated carbocycles. The molecule has 1 amide bonds. The highest BCUT2D eigenvalue weighted by molar-refractivity contribution is 6.42. The fourth-order valence-electron chi connectivity index (χ4n) is 3.18. The van der Waals surface area contributed by atoms with Gasteiger partial charge < -0.3 is 21.1 Å². The Morgan fingerprint density at radius 2 is 1.88 bits per heavy atom. The van der Waals surface area contributed by atoms with E-state index in [0.29, 0.717) is 22.6 Å². The Labute approximate surface area is 189 Å². The van der Waals surface area contributed by atoms with Crippen molar-refractivity contribution in [3.63, 3.8) is 0 Å². The molecular formula is C20H14Cl2F3N5O2. The van der Waals surface area contributed by atoms with Crippen molar-refractivity contribution in [3.05, 3.63) is 69.8 Å². The number of halogens is 5. The smallest absolute Gasteiger partial charge is 0.374 e. The van der Waals surface area contributed by atoms with Crippen molar-refractivity contribution in [2.45, 2.75) is 11.8 Å². The number of fused-ring (bicyclic) bond motifs is 1. The zero-order chi connectivity index (χ0) is 23.1. The topological polar surface area (TPSA) is 99.2 Å². The standard InChI is InChI=1S/C20H14Cl2F3N5O2/c21-13-6-5-10(7-14(13)22)28-18-26-8-12(20(23,24)25)16(30-18)27-9-19(32)11-3-1-2-4-15(11)29-17(19)31/h1-8,32H,9H2,(H,29,31)(H2,26,27,28,30). The van der Waals surface area contributed by atoms with Gasteiger partial charge in [0.1, 0.15) is 11.4 Å². The molecule has 4 N–H and O–H groups in total. The highest BCUT2D eigenvalue weighted by Crippen LogP contribution is 2.38. The van der Waals surface area contributed by atoms with E-state index in [2.05, 4.69) is 25.9 Å². The maximum Gasteiger partial charge on any atom is 0.421 e. The predicted molar refractivity (Wildman–Crippen MR) is 114 cm³/mol. The Kier molecular flexibility index (Phi) is 5.61. The molecule has 7 nitrogen and oxygen atoms in total. The molecule has 1 atom stereocenters. The van der Waals surface area contributed by atoms with Gasteiger partial charge in [-0.3, -0.25) is 4.79 Å². The van der Waals surface area contributed by atoms with Gasteiger partial charge in [-0.25, -0.2) is 4.98 Å². The van der Waals surface area contributed by atoms with Gasteiger partial charge in [0.05, 0.1) is 16.6 Å². The summed E-state index contributed by atoms with van der Waals surface area (Å²) < 4.78 is 40.5. The van der Waals surface area contributed by atoms with Crippen LogP contribution in [0.2, 0.25) is 10.0 Å². The quantitative estimate of drug-likeness (QED) is 0.416. The second kappa shape index (κ2) is 8.12. The number of nitrogens with zero attached hydrogens (tertiary/aromatic N) is 2. The lowest BCUT2D eigenvalue weighted by Gasteiger charge is -2.23. The molecule has 0 radical (unpaired) electrons. The summed E-state index contributed by atoms with van der Waals surface area (Å²) in [4.78, 5) is 19.9. The summed E-state index contributed by atoms with van der Waals surface area (Å²) in [5, 5.41) is 19.1. The van der Waals surface area contributed by atoms with Crippen LogP contribution in [-0.2, 0) is 16.6 Å². The fourth-order valence-corrected chi connectivity index (χ4v) is 3.47. The minimum atomic E-state index is -4.77. The number of rotatable bonds is 5. The normalized spacial score (nSPS) is 17.6. The molecule has 1 aliphatic heterocycles. The Hall–Kier alpha value is -3.08. The minimum absolute atomic E-state index is 0.165. The third-order valence-corrected chi connectivity index (χ3v) is 5.52. The van der Waals surface area contributed by atoms with Crippen LogP contribution in [0.15, 0.2) is 48.7 Å². The fraction of sp³-hybridized carbons (Fsp3) is 0.150. The van der Waals surface area contributed by atoms with E-state index in [4.69, 9.17) is 23.2 Å². The molecule has 1 aromatic heterocycles. The van der Waals surface area contributed by atoms with Crippen molar-refractivity contribution in [3.8, 4) is 0 Å². The molecule has 1 aliphatic rings. The van der Waals surface area contributed by atoms with Gasteiger partial charge in [0.25, 0.3) is 5.91 Å². The number of hydrogen-bond acceptors (Lipinski definition) is 6. The summed E-state index contributed by atoms with van der Waals surface area (Å²) in [6.45, 7) is -0.553. The lowest BCUT2D eigenvalue weighted by atomic mass is 9.95. The Morgan fingerprint density at radius 1 is 1.12 bits per heavy atom. The van der Waals surface area contributed by atoms with E-state index in [1.165, 1.54) is 18.2 Å². The van der Waals surface area contributed by atoms with Gasteiger partial charge in [0.15, 0.2) is 5.60 Å². The first-order valence-electron chi connectivity index (χ1n) is 9.11. The van der Waals surface area contributed by atoms with Crippen LogP contribution in [0, 0.1) is 0 Å². The zero-order valence-electron chi connectivity index (χ0n) is 16.0. The molecule has 3 aromatic rings. The van der Waals surface area contributed by atoms with E-state index in [1.807, 2.05) is 0 Å². The molecule has 0 aliphatic carbocycles. The van der Waals surface area contributed by atoms with Gasteiger partial charge in [0.2, 0.25) is 5.95 Å². The lowest BCUT2D eigenvalue weighted by molar-refractivity contribution is -0.137. The number of benzene rings is 2. The molecule has 12 heteroatoms. The molecule has 0 spiro atoms. The van der Waals surface area contributed by atoms with Gasteiger partial charge >= 0.3 is 6.18 Å². The molecule has 2 aromatic carbocycles. The van der Waals surface area contributed by atoms with Crippen molar-refractivity contribution in [2.24, 2.45) is 0 Å². The number of para-hydroxylation sites is 1. The predicted octanol–water partition coefficient (Wildman–Crippen LogP) is 4.80. The first-order chi connectivity index (χ1) is 15.1. The largest absolute Gasteiger partial charge is 0.421 e. The molecule has 166 valence electrons. The molecular weight excluding hydrogens is 470 g/mol. The lowest BCUT2D eigenvalue weighted by Crippen LogP contribution is -2.41. The van der Waals surface area contributed by atoms with Crippen LogP contribution in [0.25, 0.3) is 0 Å². The maximum atomic E-state index is 13.5. The Bertz CT molecular complexity index is 1210. The molecule has 2 heterocycles. The third-order valence-electron chi connectivity index (χ3n) is 4.78. The van der Waals surface area contributed by atoms with Crippen molar-refractivity contribution in [2.75, 3.05) is 22.5 Å². The summed E-state index contributed by atoms with van der Waals surface area (Å²) >= 11 is 11.8. The van der Waals surface area contributed by atoms with E-state index in [1.54, 1.807) is 24.3 Å². The van der Waals surface area contributed by atoms with Gasteiger partial charge in [-0.05, 0) is 24.3 Å². The van der Waals surface area contributed by atoms with Crippen LogP contribution in [0.4, 0.5) is 36.3 Å². The van der Waals surface area contributed by atoms with Crippen molar-refractivity contribution >= 4 is 52.3 Å². The van der Waals surface area contributed by atoms with E-state index >= 15 is 0 Å². The van der Waals surface area contributed by atoms with Gasteiger partial charge in [-0.2, -0.15) is 18.2 Å². The number of aromatic nitrogens is 2. The number of anilines is 4. The summed E-state index contributed by atoms with van der Waals surface area (Å²) in [5.74, 6) is -1.54. The maximum absolute atomic E-state index is 13.5. The number of carbonyl (C=O) groups excluding carboxylic acids is 1. The van der Waals surface area contributed by atoms with E-state index < -0.39 is 35.6 Å². The summed E-state index contributed by atoms with van der Waals surface area (Å²) in [7, 11) is 0. The third kappa shape index (κ3) is 4.16. The second-order valence-corrected chi connectivity index (χ2v) is 7.74. The number of amides is 1. The van der Waals surface area contributed by atoms with E-state index in [-0.39, 0.29) is 16.5 Å². The summed E-state index contributed by atoms with van der Waals surface area (Å²) in [5.41, 5.74) is -2.22. The monoisotopic (exact) mass is 483 g/mol. The molecule has 0 fully saturated rings. The number of carbonyl (C=O) groups is 1. The molecule has 1 unspecified atom stereocenters. The average molecular weight is 484 g/mol. The Morgan fingerprint density at radius 3 is 2.59 bits per heavy atom. The van der Waals surface area contributed by atoms with Gasteiger partial charge in [0, 0.05) is 23.1 Å². The molecule has 0 saturated heterocycles. The van der Waals surface area contributed by atoms with Crippen LogP contribution in [0.3, 0.4) is 0 Å². The van der Waals surface area contributed by atoms with Crippen molar-refractivity contribution in [1.82, 2.24) is 9.97 Å². The molecule has 32 heavy (non-hydrogen) atoms. The average Bonchev–Trinajstić information content (AvgIpc) is 2.99. The van der Waals surface area contributed by atoms with Crippen LogP contribution in [0.5, 0.6) is 0 Å². The first-order valence-corrected chi connectivity index (χ1v) is 9.87. The first kappa shape index (κ1) is 22.1. The Balaban J connectivity index is 1.64. The van der Waals surface area contributed by atoms with Crippen molar-refractivity contribution < 1.29 is 23.1 Å². The molecule has 0 bridgehead atoms. The van der Waals surface area contributed by atoms with E-state index in [0.717, 1.165) is 0 Å². The van der Waals surface area contributed by atoms with Gasteiger partial charge in [-0.15, -0.1) is 0 Å². The number of nitrogens with one attached hydrogen (secondary N) is 3. The summed E-state index contributed by atoms with van der Waals surface area (Å²) in [6, 6.07) is 10.9. The van der Waals surface area contributed by atoms with Crippen LogP contribution >= 0.6 is 23.2 Å². The van der Waals surface area contributed by atoms with E-state index in [9.17, 15) is 23.1 Å². The summed E-state index contributed by atoms with van der Waals surface area (Å²) in [6.07, 6.45) is -4.18. The number of aliphatic hydroxyl groups is 1. The second-order valence-electron chi connectivity index (χ2n) is 6.92. The van der Waals surface area contributed by atoms with Crippen LogP contribution < -0.4 is 16.0 Å². The molecule has 4 rings (SSSR count). The number of hydrogen-bond donors (Lipinski definition) is 4. The number of alkyl halides is 3. The highest BCUT2D eigenvalue weighted by Gasteiger charge is 2.45. The highest BCUT2D eigenvalue weighted by atomic mass is 35.5. The SMILES string of the molecule is O=C1Nc2ccccc2C1(O)CNc1nc(Nc2ccc(Cl)c(Cl)c2)ncc1C(F)(F)F. The van der Waals surface area contributed by atoms with Crippen molar-refractivity contribution in [1.29, 1.82) is 0 Å². The zero-order valence-corrected chi connectivity index (χ0v) is 17.5. The minimum Gasteiger partial charge on any atom is -0.374 e. The van der Waals surface area contributed by atoms with Crippen LogP contribution in [0.1, 0.15) is 11.1 Å². The van der Waals surface area contributed by atoms with Gasteiger partial charge in [-0.1, -0.05) is 41.4 Å². The van der Waals surface area contributed by atoms with Crippen LogP contribution in [-0.4, -0.2) is 27.5 Å².